The van der Waals surface area contributed by atoms with Crippen molar-refractivity contribution in [3.05, 3.63) is 64.7 Å². The molecule has 0 aliphatic rings. The highest BCUT2D eigenvalue weighted by atomic mass is 35.5. The number of pyridine rings is 1. The molecule has 0 fully saturated rings. The molecule has 2 atom stereocenters. The van der Waals surface area contributed by atoms with Crippen LogP contribution in [0.5, 0.6) is 0 Å². The Bertz CT molecular complexity index is 545. The number of nitrogens with one attached hydrogen (secondary N) is 1. The van der Waals surface area contributed by atoms with Gasteiger partial charge in [0.15, 0.2) is 0 Å². The van der Waals surface area contributed by atoms with Gasteiger partial charge >= 0.3 is 0 Å². The van der Waals surface area contributed by atoms with Crippen molar-refractivity contribution < 1.29 is 4.39 Å². The number of halogens is 2. The van der Waals surface area contributed by atoms with Gasteiger partial charge in [0.1, 0.15) is 5.82 Å². The minimum atomic E-state index is -0.385. The van der Waals surface area contributed by atoms with Crippen LogP contribution in [-0.2, 0) is 0 Å². The summed E-state index contributed by atoms with van der Waals surface area (Å²) >= 11 is 5.68. The van der Waals surface area contributed by atoms with Crippen molar-refractivity contribution in [2.75, 3.05) is 0 Å². The van der Waals surface area contributed by atoms with Crippen molar-refractivity contribution >= 4 is 11.6 Å². The summed E-state index contributed by atoms with van der Waals surface area (Å²) in [5.41, 5.74) is 2.03. The summed E-state index contributed by atoms with van der Waals surface area (Å²) in [6.45, 7) is 4.07. The number of hydrogen-bond donors (Lipinski definition) is 1. The van der Waals surface area contributed by atoms with Crippen molar-refractivity contribution in [2.24, 2.45) is 0 Å². The quantitative estimate of drug-likeness (QED) is 0.903. The lowest BCUT2D eigenvalue weighted by molar-refractivity contribution is 0.491. The Morgan fingerprint density at radius 1 is 1.05 bits per heavy atom. The molecule has 0 aliphatic carbocycles. The van der Waals surface area contributed by atoms with Gasteiger partial charge in [0, 0.05) is 24.5 Å². The second-order valence-electron chi connectivity index (χ2n) is 4.56. The molecular weight excluding hydrogens is 263 g/mol. The lowest BCUT2D eigenvalue weighted by atomic mass is 10.0. The highest BCUT2D eigenvalue weighted by Crippen LogP contribution is 2.22. The number of benzene rings is 1. The fourth-order valence-electron chi connectivity index (χ4n) is 2.00. The van der Waals surface area contributed by atoms with E-state index in [1.807, 2.05) is 25.1 Å². The molecule has 2 unspecified atom stereocenters. The highest BCUT2D eigenvalue weighted by Gasteiger charge is 2.12. The van der Waals surface area contributed by atoms with E-state index in [0.717, 1.165) is 11.1 Å². The van der Waals surface area contributed by atoms with E-state index in [1.165, 1.54) is 6.07 Å². The van der Waals surface area contributed by atoms with Gasteiger partial charge in [-0.1, -0.05) is 17.7 Å². The molecule has 1 heterocycles. The van der Waals surface area contributed by atoms with Gasteiger partial charge in [0.25, 0.3) is 0 Å². The zero-order valence-corrected chi connectivity index (χ0v) is 11.7. The van der Waals surface area contributed by atoms with Crippen LogP contribution >= 0.6 is 11.6 Å². The van der Waals surface area contributed by atoms with Gasteiger partial charge in [-0.25, -0.2) is 4.39 Å². The van der Waals surface area contributed by atoms with Crippen molar-refractivity contribution in [2.45, 2.75) is 25.9 Å². The molecule has 0 spiro atoms. The van der Waals surface area contributed by atoms with E-state index in [9.17, 15) is 4.39 Å². The van der Waals surface area contributed by atoms with Gasteiger partial charge in [-0.2, -0.15) is 0 Å². The fraction of sp³-hybridized carbons (Fsp3) is 0.267. The van der Waals surface area contributed by atoms with Crippen LogP contribution in [0.1, 0.15) is 37.1 Å². The standard InChI is InChI=1S/C15H16ClFN2/c1-10(12-5-7-18-8-6-12)19-11(2)13-3-4-14(16)15(17)9-13/h3-11,19H,1-2H3. The topological polar surface area (TPSA) is 24.9 Å². The third-order valence-electron chi connectivity index (χ3n) is 3.15. The predicted octanol–water partition coefficient (Wildman–Crippen LogP) is 4.29. The van der Waals surface area contributed by atoms with E-state index in [-0.39, 0.29) is 22.9 Å². The zero-order valence-electron chi connectivity index (χ0n) is 10.9. The molecule has 0 amide bonds. The molecule has 2 rings (SSSR count). The predicted molar refractivity (Wildman–Crippen MR) is 75.6 cm³/mol. The first-order valence-electron chi connectivity index (χ1n) is 6.19. The van der Waals surface area contributed by atoms with Crippen molar-refractivity contribution in [1.29, 1.82) is 0 Å². The third kappa shape index (κ3) is 3.52. The summed E-state index contributed by atoms with van der Waals surface area (Å²) in [4.78, 5) is 3.99. The number of hydrogen-bond acceptors (Lipinski definition) is 2. The van der Waals surface area contributed by atoms with Gasteiger partial charge in [-0.3, -0.25) is 4.98 Å². The van der Waals surface area contributed by atoms with Crippen LogP contribution in [0, 0.1) is 5.82 Å². The molecule has 100 valence electrons. The Balaban J connectivity index is 2.08. The van der Waals surface area contributed by atoms with E-state index < -0.39 is 0 Å². The fourth-order valence-corrected chi connectivity index (χ4v) is 2.12. The van der Waals surface area contributed by atoms with Crippen LogP contribution in [0.3, 0.4) is 0 Å². The third-order valence-corrected chi connectivity index (χ3v) is 3.46. The lowest BCUT2D eigenvalue weighted by Crippen LogP contribution is -2.22. The smallest absolute Gasteiger partial charge is 0.142 e. The minimum absolute atomic E-state index is 0.0370. The van der Waals surface area contributed by atoms with Crippen LogP contribution < -0.4 is 5.32 Å². The van der Waals surface area contributed by atoms with Crippen LogP contribution in [0.25, 0.3) is 0 Å². The second-order valence-corrected chi connectivity index (χ2v) is 4.97. The molecule has 0 radical (unpaired) electrons. The van der Waals surface area contributed by atoms with E-state index in [4.69, 9.17) is 11.6 Å². The average molecular weight is 279 g/mol. The van der Waals surface area contributed by atoms with E-state index in [2.05, 4.69) is 17.2 Å². The van der Waals surface area contributed by atoms with Crippen molar-refractivity contribution in [3.63, 3.8) is 0 Å². The molecule has 4 heteroatoms. The number of aromatic nitrogens is 1. The largest absolute Gasteiger partial charge is 0.304 e. The van der Waals surface area contributed by atoms with E-state index in [1.54, 1.807) is 18.5 Å². The van der Waals surface area contributed by atoms with Gasteiger partial charge < -0.3 is 5.32 Å². The monoisotopic (exact) mass is 278 g/mol. The van der Waals surface area contributed by atoms with Crippen molar-refractivity contribution in [3.8, 4) is 0 Å². The molecule has 0 saturated heterocycles. The molecule has 0 bridgehead atoms. The Morgan fingerprint density at radius 3 is 2.32 bits per heavy atom. The van der Waals surface area contributed by atoms with Crippen LogP contribution in [0.4, 0.5) is 4.39 Å². The van der Waals surface area contributed by atoms with Crippen molar-refractivity contribution in [1.82, 2.24) is 10.3 Å². The van der Waals surface area contributed by atoms with Crippen LogP contribution in [0.2, 0.25) is 5.02 Å². The number of nitrogens with zero attached hydrogens (tertiary/aromatic N) is 1. The maximum Gasteiger partial charge on any atom is 0.142 e. The molecular formula is C15H16ClFN2. The average Bonchev–Trinajstić information content (AvgIpc) is 2.42. The molecule has 2 nitrogen and oxygen atoms in total. The Labute approximate surface area is 117 Å². The molecule has 1 N–H and O–H groups in total. The summed E-state index contributed by atoms with van der Waals surface area (Å²) in [5.74, 6) is -0.385. The molecule has 0 saturated carbocycles. The maximum atomic E-state index is 13.4. The maximum absolute atomic E-state index is 13.4. The first-order valence-corrected chi connectivity index (χ1v) is 6.56. The van der Waals surface area contributed by atoms with Gasteiger partial charge in [-0.05, 0) is 49.2 Å². The first-order chi connectivity index (χ1) is 9.08. The second kappa shape index (κ2) is 6.13. The van der Waals surface area contributed by atoms with Crippen LogP contribution in [0.15, 0.2) is 42.7 Å². The summed E-state index contributed by atoms with van der Waals surface area (Å²) < 4.78 is 13.4. The molecule has 1 aromatic carbocycles. The first kappa shape index (κ1) is 14.0. The normalized spacial score (nSPS) is 14.1. The Kier molecular flexibility index (Phi) is 4.51. The van der Waals surface area contributed by atoms with Gasteiger partial charge in [0.05, 0.1) is 5.02 Å². The summed E-state index contributed by atoms with van der Waals surface area (Å²) in [7, 11) is 0. The SMILES string of the molecule is CC(NC(C)c1ccc(Cl)c(F)c1)c1ccncc1. The summed E-state index contributed by atoms with van der Waals surface area (Å²) in [5, 5.41) is 3.57. The van der Waals surface area contributed by atoms with E-state index in [0.29, 0.717) is 0 Å². The molecule has 19 heavy (non-hydrogen) atoms. The molecule has 2 aromatic rings. The highest BCUT2D eigenvalue weighted by molar-refractivity contribution is 6.30. The summed E-state index contributed by atoms with van der Waals surface area (Å²) in [6, 6.07) is 9.02. The number of rotatable bonds is 4. The summed E-state index contributed by atoms with van der Waals surface area (Å²) in [6.07, 6.45) is 3.53. The minimum Gasteiger partial charge on any atom is -0.304 e. The zero-order chi connectivity index (χ0) is 13.8. The van der Waals surface area contributed by atoms with E-state index >= 15 is 0 Å². The molecule has 1 aromatic heterocycles. The van der Waals surface area contributed by atoms with Gasteiger partial charge in [0.2, 0.25) is 0 Å². The van der Waals surface area contributed by atoms with Crippen LogP contribution in [-0.4, -0.2) is 4.98 Å². The lowest BCUT2D eigenvalue weighted by Gasteiger charge is -2.20. The Morgan fingerprint density at radius 2 is 1.68 bits per heavy atom. The van der Waals surface area contributed by atoms with Gasteiger partial charge in [-0.15, -0.1) is 0 Å². The Hall–Kier alpha value is -1.45. The molecule has 0 aliphatic heterocycles.